The summed E-state index contributed by atoms with van der Waals surface area (Å²) in [7, 11) is -5.03. The Labute approximate surface area is 138 Å². The van der Waals surface area contributed by atoms with Crippen LogP contribution < -0.4 is 29.6 Å². The van der Waals surface area contributed by atoms with Gasteiger partial charge in [0.05, 0.1) is 12.2 Å². The molecular formula is C11H13NaO7S. The summed E-state index contributed by atoms with van der Waals surface area (Å²) in [5.41, 5.74) is -0.237. The third-order valence-electron chi connectivity index (χ3n) is 2.27. The quantitative estimate of drug-likeness (QED) is 0.278. The van der Waals surface area contributed by atoms with Gasteiger partial charge in [-0.05, 0) is 18.6 Å². The van der Waals surface area contributed by atoms with Crippen molar-refractivity contribution < 1.29 is 62.3 Å². The summed E-state index contributed by atoms with van der Waals surface area (Å²) < 4.78 is 37.1. The summed E-state index contributed by atoms with van der Waals surface area (Å²) in [5, 5.41) is 18.8. The van der Waals surface area contributed by atoms with E-state index in [9.17, 15) is 28.0 Å². The average Bonchev–Trinajstić information content (AvgIpc) is 2.26. The maximum atomic E-state index is 11.5. The molecule has 0 aliphatic rings. The summed E-state index contributed by atoms with van der Waals surface area (Å²) in [6.45, 7) is 2.07. The zero-order valence-electron chi connectivity index (χ0n) is 11.1. The molecule has 0 aromatic heterocycles. The maximum Gasteiger partial charge on any atom is 1.00 e. The fraction of sp³-hybridized carbons (Fsp3) is 0.364. The van der Waals surface area contributed by atoms with Crippen molar-refractivity contribution >= 4 is 16.1 Å². The van der Waals surface area contributed by atoms with Gasteiger partial charge in [-0.15, -0.1) is 0 Å². The molecule has 0 heterocycles. The van der Waals surface area contributed by atoms with Gasteiger partial charge in [-0.25, -0.2) is 13.2 Å². The number of carbonyl (C=O) groups is 1. The van der Waals surface area contributed by atoms with Crippen LogP contribution in [0.25, 0.3) is 0 Å². The zero-order valence-corrected chi connectivity index (χ0v) is 13.9. The predicted molar refractivity (Wildman–Crippen MR) is 62.9 cm³/mol. The summed E-state index contributed by atoms with van der Waals surface area (Å²) in [5.74, 6) is -2.80. The minimum absolute atomic E-state index is 0. The molecule has 0 saturated heterocycles. The molecule has 0 aliphatic carbocycles. The van der Waals surface area contributed by atoms with Crippen molar-refractivity contribution in [3.8, 4) is 11.5 Å². The maximum absolute atomic E-state index is 11.5. The molecule has 0 fully saturated rings. The zero-order chi connectivity index (χ0) is 14.6. The van der Waals surface area contributed by atoms with Crippen LogP contribution in [0.5, 0.6) is 11.5 Å². The second-order valence-corrected chi connectivity index (χ2v) is 5.10. The third kappa shape index (κ3) is 4.95. The van der Waals surface area contributed by atoms with Gasteiger partial charge in [-0.2, -0.15) is 0 Å². The number of carbonyl (C=O) groups excluding carboxylic acids is 1. The smallest absolute Gasteiger partial charge is 0.744 e. The summed E-state index contributed by atoms with van der Waals surface area (Å²) >= 11 is 0. The molecule has 0 spiro atoms. The van der Waals surface area contributed by atoms with Crippen LogP contribution in [0.1, 0.15) is 30.1 Å². The van der Waals surface area contributed by atoms with Crippen LogP contribution in [0, 0.1) is 0 Å². The Bertz CT molecular complexity index is 559. The van der Waals surface area contributed by atoms with E-state index in [0.717, 1.165) is 18.6 Å². The van der Waals surface area contributed by atoms with Crippen molar-refractivity contribution in [2.45, 2.75) is 24.7 Å². The molecule has 1 rings (SSSR count). The summed E-state index contributed by atoms with van der Waals surface area (Å²) in [6, 6.07) is 1.53. The fourth-order valence-corrected chi connectivity index (χ4v) is 2.00. The number of ether oxygens (including phenoxy) is 1. The molecule has 2 N–H and O–H groups in total. The van der Waals surface area contributed by atoms with Crippen LogP contribution in [0.2, 0.25) is 0 Å². The number of hydrogen-bond donors (Lipinski definition) is 2. The fourth-order valence-electron chi connectivity index (χ4n) is 1.37. The molecular weight excluding hydrogens is 299 g/mol. The number of rotatable bonds is 5. The number of esters is 1. The van der Waals surface area contributed by atoms with Crippen molar-refractivity contribution in [2.24, 2.45) is 0 Å². The first-order chi connectivity index (χ1) is 8.77. The molecule has 0 aliphatic heterocycles. The van der Waals surface area contributed by atoms with Gasteiger partial charge in [0.1, 0.15) is 26.5 Å². The van der Waals surface area contributed by atoms with Crippen molar-refractivity contribution in [3.63, 3.8) is 0 Å². The number of phenolic OH excluding ortho intramolecular Hbond substituents is 2. The Morgan fingerprint density at radius 1 is 1.30 bits per heavy atom. The van der Waals surface area contributed by atoms with Gasteiger partial charge in [0.25, 0.3) is 0 Å². The van der Waals surface area contributed by atoms with Gasteiger partial charge in [0.2, 0.25) is 0 Å². The molecule has 0 unspecified atom stereocenters. The van der Waals surface area contributed by atoms with Gasteiger partial charge < -0.3 is 19.5 Å². The minimum Gasteiger partial charge on any atom is -0.744 e. The largest absolute Gasteiger partial charge is 1.00 e. The van der Waals surface area contributed by atoms with E-state index < -0.39 is 32.5 Å². The van der Waals surface area contributed by atoms with Gasteiger partial charge in [0.15, 0.2) is 0 Å². The van der Waals surface area contributed by atoms with Crippen molar-refractivity contribution in [1.82, 2.24) is 0 Å². The Morgan fingerprint density at radius 2 is 1.80 bits per heavy atom. The molecule has 1 aromatic carbocycles. The molecule has 0 amide bonds. The molecule has 9 heteroatoms. The van der Waals surface area contributed by atoms with Crippen LogP contribution in [0.4, 0.5) is 0 Å². The van der Waals surface area contributed by atoms with Gasteiger partial charge in [-0.1, -0.05) is 13.3 Å². The average molecular weight is 312 g/mol. The molecule has 0 bridgehead atoms. The molecule has 0 atom stereocenters. The van der Waals surface area contributed by atoms with Gasteiger partial charge in [0, 0.05) is 0 Å². The van der Waals surface area contributed by atoms with E-state index in [1.54, 1.807) is 0 Å². The first kappa shape index (κ1) is 19.2. The van der Waals surface area contributed by atoms with Crippen LogP contribution >= 0.6 is 0 Å². The first-order valence-corrected chi connectivity index (χ1v) is 6.87. The Morgan fingerprint density at radius 3 is 2.20 bits per heavy atom. The van der Waals surface area contributed by atoms with E-state index in [2.05, 4.69) is 0 Å². The van der Waals surface area contributed by atoms with E-state index >= 15 is 0 Å². The molecule has 0 saturated carbocycles. The summed E-state index contributed by atoms with van der Waals surface area (Å²) in [6.07, 6.45) is 1.47. The first-order valence-electron chi connectivity index (χ1n) is 5.46. The van der Waals surface area contributed by atoms with Gasteiger partial charge in [-0.3, -0.25) is 0 Å². The second-order valence-electron chi connectivity index (χ2n) is 3.79. The Hall–Kier alpha value is -0.800. The Balaban J connectivity index is 0.00000361. The number of aromatic hydroxyl groups is 2. The SMILES string of the molecule is CCCCOC(=O)c1cc(O)c(S(=O)(=O)[O-])c(O)c1.[Na+]. The number of hydrogen-bond acceptors (Lipinski definition) is 7. The second kappa shape index (κ2) is 7.84. The molecule has 7 nitrogen and oxygen atoms in total. The van der Waals surface area contributed by atoms with Crippen molar-refractivity contribution in [1.29, 1.82) is 0 Å². The molecule has 20 heavy (non-hydrogen) atoms. The Kier molecular flexibility index (Phi) is 7.53. The van der Waals surface area contributed by atoms with E-state index in [0.29, 0.717) is 6.42 Å². The van der Waals surface area contributed by atoms with Crippen LogP contribution in [0.3, 0.4) is 0 Å². The minimum atomic E-state index is -5.03. The molecule has 1 aromatic rings. The number of benzene rings is 1. The third-order valence-corrected chi connectivity index (χ3v) is 3.18. The predicted octanol–water partition coefficient (Wildman–Crippen LogP) is -2.04. The van der Waals surface area contributed by atoms with E-state index in [-0.39, 0.29) is 41.7 Å². The molecule has 106 valence electrons. The monoisotopic (exact) mass is 312 g/mol. The number of phenols is 2. The standard InChI is InChI=1S/C11H14O7S.Na/c1-2-3-4-18-11(14)7-5-8(12)10(9(13)6-7)19(15,16)17;/h5-6,12-13H,2-4H2,1H3,(H,15,16,17);/q;+1/p-1. The summed E-state index contributed by atoms with van der Waals surface area (Å²) in [4.78, 5) is 10.4. The topological polar surface area (TPSA) is 124 Å². The van der Waals surface area contributed by atoms with Crippen LogP contribution in [0.15, 0.2) is 17.0 Å². The van der Waals surface area contributed by atoms with E-state index in [1.165, 1.54) is 0 Å². The normalized spacial score (nSPS) is 10.7. The van der Waals surface area contributed by atoms with E-state index in [1.807, 2.05) is 6.92 Å². The van der Waals surface area contributed by atoms with E-state index in [4.69, 9.17) is 4.74 Å². The molecule has 0 radical (unpaired) electrons. The van der Waals surface area contributed by atoms with Crippen molar-refractivity contribution in [3.05, 3.63) is 17.7 Å². The number of unbranched alkanes of at least 4 members (excludes halogenated alkanes) is 1. The van der Waals surface area contributed by atoms with Crippen LogP contribution in [-0.4, -0.2) is 35.8 Å². The van der Waals surface area contributed by atoms with Crippen molar-refractivity contribution in [2.75, 3.05) is 6.61 Å². The van der Waals surface area contributed by atoms with Gasteiger partial charge >= 0.3 is 35.5 Å². The van der Waals surface area contributed by atoms with Crippen LogP contribution in [-0.2, 0) is 14.9 Å².